The first-order valence-corrected chi connectivity index (χ1v) is 9.74. The average molecular weight is 389 g/mol. The van der Waals surface area contributed by atoms with Gasteiger partial charge in [-0.25, -0.2) is 4.39 Å². The molecule has 2 fully saturated rings. The summed E-state index contributed by atoms with van der Waals surface area (Å²) in [6.45, 7) is 4.12. The highest BCUT2D eigenvalue weighted by atomic mass is 19.1. The minimum Gasteiger partial charge on any atom is -0.495 e. The van der Waals surface area contributed by atoms with Crippen molar-refractivity contribution in [3.05, 3.63) is 24.5 Å². The predicted molar refractivity (Wildman–Crippen MR) is 108 cm³/mol. The zero-order valence-corrected chi connectivity index (χ0v) is 16.5. The number of aryl methyl sites for hydroxylation is 1. The summed E-state index contributed by atoms with van der Waals surface area (Å²) < 4.78 is 27.8. The van der Waals surface area contributed by atoms with Gasteiger partial charge in [0.05, 0.1) is 38.8 Å². The van der Waals surface area contributed by atoms with Crippen LogP contribution in [-0.4, -0.2) is 73.4 Å². The molecule has 0 spiro atoms. The fourth-order valence-corrected chi connectivity index (χ4v) is 4.25. The Morgan fingerprint density at radius 1 is 1.25 bits per heavy atom. The maximum absolute atomic E-state index is 15.2. The summed E-state index contributed by atoms with van der Waals surface area (Å²) in [4.78, 5) is 4.34. The van der Waals surface area contributed by atoms with Crippen LogP contribution < -0.4 is 15.4 Å². The second kappa shape index (κ2) is 7.97. The van der Waals surface area contributed by atoms with Crippen LogP contribution in [0, 0.1) is 0 Å². The molecule has 0 bridgehead atoms. The minimum absolute atomic E-state index is 0.0438. The first kappa shape index (κ1) is 19.0. The number of rotatable bonds is 4. The molecule has 28 heavy (non-hydrogen) atoms. The average Bonchev–Trinajstić information content (AvgIpc) is 3.14. The summed E-state index contributed by atoms with van der Waals surface area (Å²) in [6.07, 6.45) is 3.61. The Bertz CT molecular complexity index is 821. The third-order valence-electron chi connectivity index (χ3n) is 5.73. The molecule has 152 valence electrons. The molecule has 2 aliphatic rings. The Morgan fingerprint density at radius 2 is 2.04 bits per heavy atom. The maximum Gasteiger partial charge on any atom is 0.143 e. The molecule has 2 N–H and O–H groups in total. The van der Waals surface area contributed by atoms with Crippen LogP contribution >= 0.6 is 0 Å². The zero-order valence-electron chi connectivity index (χ0n) is 16.5. The van der Waals surface area contributed by atoms with E-state index in [0.717, 1.165) is 42.9 Å². The van der Waals surface area contributed by atoms with Crippen LogP contribution in [0.1, 0.15) is 6.42 Å². The molecule has 0 aliphatic carbocycles. The lowest BCUT2D eigenvalue weighted by molar-refractivity contribution is -0.00820. The van der Waals surface area contributed by atoms with Crippen LogP contribution in [-0.2, 0) is 11.8 Å². The van der Waals surface area contributed by atoms with Crippen molar-refractivity contribution in [2.75, 3.05) is 57.1 Å². The molecule has 3 heterocycles. The van der Waals surface area contributed by atoms with E-state index in [1.807, 2.05) is 25.4 Å². The number of halogens is 1. The van der Waals surface area contributed by atoms with E-state index in [-0.39, 0.29) is 6.04 Å². The van der Waals surface area contributed by atoms with Gasteiger partial charge in [0.1, 0.15) is 11.9 Å². The SMILES string of the molecule is COc1cc(N2CCC(N3CCOCC3)C(F)C2)c(-c2cnn(C)c2)cc1N. The van der Waals surface area contributed by atoms with Crippen LogP contribution in [0.3, 0.4) is 0 Å². The molecule has 0 amide bonds. The number of hydrogen-bond donors (Lipinski definition) is 1. The van der Waals surface area contributed by atoms with E-state index < -0.39 is 6.17 Å². The lowest BCUT2D eigenvalue weighted by Gasteiger charge is -2.43. The lowest BCUT2D eigenvalue weighted by atomic mass is 9.97. The van der Waals surface area contributed by atoms with Crippen molar-refractivity contribution < 1.29 is 13.9 Å². The Labute approximate surface area is 164 Å². The number of nitrogen functional groups attached to an aromatic ring is 1. The van der Waals surface area contributed by atoms with Gasteiger partial charge in [-0.05, 0) is 12.5 Å². The highest BCUT2D eigenvalue weighted by Gasteiger charge is 2.35. The van der Waals surface area contributed by atoms with Gasteiger partial charge in [0, 0.05) is 61.8 Å². The molecular formula is C20H28FN5O2. The van der Waals surface area contributed by atoms with Crippen molar-refractivity contribution >= 4 is 11.4 Å². The largest absolute Gasteiger partial charge is 0.495 e. The number of anilines is 2. The monoisotopic (exact) mass is 389 g/mol. The number of piperidine rings is 1. The fourth-order valence-electron chi connectivity index (χ4n) is 4.25. The van der Waals surface area contributed by atoms with Gasteiger partial charge in [-0.2, -0.15) is 5.10 Å². The van der Waals surface area contributed by atoms with Crippen LogP contribution in [0.5, 0.6) is 5.75 Å². The van der Waals surface area contributed by atoms with E-state index >= 15 is 4.39 Å². The van der Waals surface area contributed by atoms with Gasteiger partial charge in [-0.3, -0.25) is 9.58 Å². The standard InChI is InChI=1S/C20H28FN5O2/c1-24-12-14(11-23-24)15-9-17(22)20(27-2)10-19(15)26-4-3-18(16(21)13-26)25-5-7-28-8-6-25/h9-12,16,18H,3-8,13,22H2,1-2H3. The van der Waals surface area contributed by atoms with Gasteiger partial charge < -0.3 is 20.1 Å². The second-order valence-electron chi connectivity index (χ2n) is 7.48. The number of methoxy groups -OCH3 is 1. The summed E-state index contributed by atoms with van der Waals surface area (Å²) in [6, 6.07) is 3.77. The fraction of sp³-hybridized carbons (Fsp3) is 0.550. The minimum atomic E-state index is -0.919. The number of ether oxygens (including phenoxy) is 2. The van der Waals surface area contributed by atoms with Crippen LogP contribution in [0.25, 0.3) is 11.1 Å². The van der Waals surface area contributed by atoms with E-state index in [1.54, 1.807) is 18.0 Å². The van der Waals surface area contributed by atoms with Gasteiger partial charge >= 0.3 is 0 Å². The van der Waals surface area contributed by atoms with E-state index in [0.29, 0.717) is 31.2 Å². The first-order valence-electron chi connectivity index (χ1n) is 9.74. The van der Waals surface area contributed by atoms with Crippen molar-refractivity contribution in [3.63, 3.8) is 0 Å². The summed E-state index contributed by atoms with van der Waals surface area (Å²) >= 11 is 0. The summed E-state index contributed by atoms with van der Waals surface area (Å²) in [5.41, 5.74) is 9.55. The van der Waals surface area contributed by atoms with Crippen LogP contribution in [0.2, 0.25) is 0 Å². The molecule has 0 radical (unpaired) electrons. The van der Waals surface area contributed by atoms with E-state index in [2.05, 4.69) is 14.9 Å². The van der Waals surface area contributed by atoms with Crippen molar-refractivity contribution in [2.45, 2.75) is 18.6 Å². The van der Waals surface area contributed by atoms with E-state index in [1.165, 1.54) is 0 Å². The van der Waals surface area contributed by atoms with Crippen LogP contribution in [0.4, 0.5) is 15.8 Å². The van der Waals surface area contributed by atoms with Crippen molar-refractivity contribution in [1.82, 2.24) is 14.7 Å². The van der Waals surface area contributed by atoms with Crippen molar-refractivity contribution in [1.29, 1.82) is 0 Å². The molecule has 8 heteroatoms. The van der Waals surface area contributed by atoms with E-state index in [4.69, 9.17) is 15.2 Å². The third kappa shape index (κ3) is 3.66. The predicted octanol–water partition coefficient (Wildman–Crippen LogP) is 1.93. The molecule has 7 nitrogen and oxygen atoms in total. The summed E-state index contributed by atoms with van der Waals surface area (Å²) in [7, 11) is 3.48. The zero-order chi connectivity index (χ0) is 19.7. The maximum atomic E-state index is 15.2. The molecule has 2 aliphatic heterocycles. The number of nitrogens with zero attached hydrogens (tertiary/aromatic N) is 4. The number of alkyl halides is 1. The van der Waals surface area contributed by atoms with Gasteiger partial charge in [0.25, 0.3) is 0 Å². The number of aromatic nitrogens is 2. The van der Waals surface area contributed by atoms with Crippen molar-refractivity contribution in [2.24, 2.45) is 7.05 Å². The Hall–Kier alpha value is -2.32. The molecular weight excluding hydrogens is 361 g/mol. The Morgan fingerprint density at radius 3 is 2.68 bits per heavy atom. The highest BCUT2D eigenvalue weighted by molar-refractivity contribution is 5.83. The van der Waals surface area contributed by atoms with Crippen molar-refractivity contribution in [3.8, 4) is 16.9 Å². The highest BCUT2D eigenvalue weighted by Crippen LogP contribution is 2.39. The summed E-state index contributed by atoms with van der Waals surface area (Å²) in [5.74, 6) is 0.605. The molecule has 1 aromatic heterocycles. The first-order chi connectivity index (χ1) is 13.6. The molecule has 2 saturated heterocycles. The van der Waals surface area contributed by atoms with Gasteiger partial charge in [0.15, 0.2) is 0 Å². The number of hydrogen-bond acceptors (Lipinski definition) is 6. The molecule has 2 atom stereocenters. The number of morpholine rings is 1. The quantitative estimate of drug-likeness (QED) is 0.806. The van der Waals surface area contributed by atoms with Gasteiger partial charge in [0.2, 0.25) is 0 Å². The third-order valence-corrected chi connectivity index (χ3v) is 5.73. The smallest absolute Gasteiger partial charge is 0.143 e. The van der Waals surface area contributed by atoms with Gasteiger partial charge in [-0.1, -0.05) is 0 Å². The van der Waals surface area contributed by atoms with E-state index in [9.17, 15) is 0 Å². The second-order valence-corrected chi connectivity index (χ2v) is 7.48. The van der Waals surface area contributed by atoms with Crippen LogP contribution in [0.15, 0.2) is 24.5 Å². The number of benzene rings is 1. The van der Waals surface area contributed by atoms with Gasteiger partial charge in [-0.15, -0.1) is 0 Å². The summed E-state index contributed by atoms with van der Waals surface area (Å²) in [5, 5.41) is 4.27. The Balaban J connectivity index is 1.61. The Kier molecular flexibility index (Phi) is 5.41. The topological polar surface area (TPSA) is 68.8 Å². The molecule has 0 saturated carbocycles. The molecule has 4 rings (SSSR count). The lowest BCUT2D eigenvalue weighted by Crippen LogP contribution is -2.55. The molecule has 2 aromatic rings. The number of nitrogens with two attached hydrogens (primary N) is 1. The normalized spacial score (nSPS) is 23.8. The molecule has 1 aromatic carbocycles. The molecule has 2 unspecified atom stereocenters.